The highest BCUT2D eigenvalue weighted by Crippen LogP contribution is 2.32. The molecule has 0 saturated carbocycles. The Morgan fingerprint density at radius 2 is 2.44 bits per heavy atom. The smallest absolute Gasteiger partial charge is 0.306 e. The van der Waals surface area contributed by atoms with Crippen molar-refractivity contribution in [2.45, 2.75) is 18.9 Å². The minimum absolute atomic E-state index is 0.0327. The van der Waals surface area contributed by atoms with Crippen molar-refractivity contribution < 1.29 is 14.3 Å². The van der Waals surface area contributed by atoms with Crippen LogP contribution in [0.4, 0.5) is 0 Å². The molecule has 1 fully saturated rings. The summed E-state index contributed by atoms with van der Waals surface area (Å²) in [6.07, 6.45) is 6.43. The van der Waals surface area contributed by atoms with Crippen LogP contribution in [0, 0.1) is 5.92 Å². The minimum atomic E-state index is -0.715. The van der Waals surface area contributed by atoms with E-state index in [-0.39, 0.29) is 12.0 Å². The maximum absolute atomic E-state index is 11.1. The van der Waals surface area contributed by atoms with E-state index in [1.165, 1.54) is 0 Å². The summed E-state index contributed by atoms with van der Waals surface area (Å²) in [5.74, 6) is -0.995. The Labute approximate surface area is 104 Å². The fraction of sp³-hybridized carbons (Fsp3) is 0.385. The summed E-state index contributed by atoms with van der Waals surface area (Å²) in [5.41, 5.74) is 1.79. The summed E-state index contributed by atoms with van der Waals surface area (Å²) in [6, 6.07) is 1.85. The minimum Gasteiger partial charge on any atom is -0.481 e. The van der Waals surface area contributed by atoms with Crippen LogP contribution >= 0.6 is 0 Å². The third-order valence-corrected chi connectivity index (χ3v) is 3.53. The number of aromatic nitrogens is 1. The molecule has 3 heterocycles. The molecule has 3 rings (SSSR count). The molecule has 5 nitrogen and oxygen atoms in total. The lowest BCUT2D eigenvalue weighted by atomic mass is 9.89. The van der Waals surface area contributed by atoms with E-state index in [1.807, 2.05) is 6.07 Å². The summed E-state index contributed by atoms with van der Waals surface area (Å²) in [5, 5.41) is 13.4. The SMILES string of the molecule is O=C(O)C1CCNC(c2coc3ccncc23)C1. The van der Waals surface area contributed by atoms with Gasteiger partial charge in [-0.05, 0) is 25.5 Å². The highest BCUT2D eigenvalue weighted by Gasteiger charge is 2.29. The number of pyridine rings is 1. The number of carboxylic acids is 1. The second-order valence-electron chi connectivity index (χ2n) is 4.63. The van der Waals surface area contributed by atoms with Crippen LogP contribution in [-0.2, 0) is 4.79 Å². The van der Waals surface area contributed by atoms with E-state index >= 15 is 0 Å². The zero-order valence-corrected chi connectivity index (χ0v) is 9.80. The molecule has 2 atom stereocenters. The molecule has 0 bridgehead atoms. The normalized spacial score (nSPS) is 24.2. The van der Waals surface area contributed by atoms with Crippen LogP contribution in [0.5, 0.6) is 0 Å². The Bertz CT molecular complexity index is 578. The van der Waals surface area contributed by atoms with Gasteiger partial charge in [0.2, 0.25) is 0 Å². The van der Waals surface area contributed by atoms with Gasteiger partial charge in [-0.3, -0.25) is 9.78 Å². The number of carboxylic acid groups (broad SMARTS) is 1. The Morgan fingerprint density at radius 1 is 1.56 bits per heavy atom. The van der Waals surface area contributed by atoms with Crippen LogP contribution in [-0.4, -0.2) is 22.6 Å². The van der Waals surface area contributed by atoms with Gasteiger partial charge in [-0.15, -0.1) is 0 Å². The number of piperidine rings is 1. The second-order valence-corrected chi connectivity index (χ2v) is 4.63. The molecule has 2 aromatic rings. The largest absolute Gasteiger partial charge is 0.481 e. The maximum atomic E-state index is 11.1. The highest BCUT2D eigenvalue weighted by molar-refractivity contribution is 5.80. The molecule has 5 heteroatoms. The molecule has 2 aromatic heterocycles. The van der Waals surface area contributed by atoms with Crippen molar-refractivity contribution in [3.8, 4) is 0 Å². The fourth-order valence-electron chi connectivity index (χ4n) is 2.54. The van der Waals surface area contributed by atoms with E-state index in [0.717, 1.165) is 16.5 Å². The van der Waals surface area contributed by atoms with Crippen molar-refractivity contribution in [3.05, 3.63) is 30.3 Å². The van der Waals surface area contributed by atoms with Gasteiger partial charge in [-0.1, -0.05) is 0 Å². The van der Waals surface area contributed by atoms with E-state index in [4.69, 9.17) is 9.52 Å². The third kappa shape index (κ3) is 1.86. The molecule has 94 valence electrons. The van der Waals surface area contributed by atoms with Gasteiger partial charge in [0.15, 0.2) is 0 Å². The molecule has 2 unspecified atom stereocenters. The Kier molecular flexibility index (Phi) is 2.76. The van der Waals surface area contributed by atoms with Gasteiger partial charge in [0.25, 0.3) is 0 Å². The zero-order chi connectivity index (χ0) is 12.5. The van der Waals surface area contributed by atoms with Gasteiger partial charge in [-0.2, -0.15) is 0 Å². The second kappa shape index (κ2) is 4.42. The topological polar surface area (TPSA) is 75.4 Å². The Balaban J connectivity index is 1.92. The molecule has 0 aromatic carbocycles. The van der Waals surface area contributed by atoms with Gasteiger partial charge in [-0.25, -0.2) is 0 Å². The number of nitrogens with one attached hydrogen (secondary N) is 1. The summed E-state index contributed by atoms with van der Waals surface area (Å²) >= 11 is 0. The first kappa shape index (κ1) is 11.2. The van der Waals surface area contributed by atoms with Gasteiger partial charge in [0.05, 0.1) is 12.2 Å². The highest BCUT2D eigenvalue weighted by atomic mass is 16.4. The number of rotatable bonds is 2. The molecule has 2 N–H and O–H groups in total. The Morgan fingerprint density at radius 3 is 3.28 bits per heavy atom. The standard InChI is InChI=1S/C13H14N2O3/c16-13(17)8-1-4-15-11(5-8)10-7-18-12-2-3-14-6-9(10)12/h2-3,6-8,11,15H,1,4-5H2,(H,16,17). The van der Waals surface area contributed by atoms with Crippen molar-refractivity contribution in [2.24, 2.45) is 5.92 Å². The molecule has 0 amide bonds. The van der Waals surface area contributed by atoms with Crippen LogP contribution in [0.3, 0.4) is 0 Å². The predicted octanol–water partition coefficient (Wildman–Crippen LogP) is 1.95. The molecule has 1 aliphatic rings. The van der Waals surface area contributed by atoms with Crippen LogP contribution in [0.15, 0.2) is 29.1 Å². The van der Waals surface area contributed by atoms with E-state index < -0.39 is 5.97 Å². The summed E-state index contributed by atoms with van der Waals surface area (Å²) in [7, 11) is 0. The van der Waals surface area contributed by atoms with Crippen LogP contribution in [0.2, 0.25) is 0 Å². The van der Waals surface area contributed by atoms with E-state index in [1.54, 1.807) is 18.7 Å². The molecule has 1 saturated heterocycles. The zero-order valence-electron chi connectivity index (χ0n) is 9.80. The van der Waals surface area contributed by atoms with Crippen molar-refractivity contribution in [2.75, 3.05) is 6.54 Å². The van der Waals surface area contributed by atoms with Crippen molar-refractivity contribution >= 4 is 16.9 Å². The van der Waals surface area contributed by atoms with E-state index in [9.17, 15) is 4.79 Å². The first-order valence-electron chi connectivity index (χ1n) is 6.03. The van der Waals surface area contributed by atoms with Gasteiger partial charge >= 0.3 is 5.97 Å². The third-order valence-electron chi connectivity index (χ3n) is 3.53. The lowest BCUT2D eigenvalue weighted by Crippen LogP contribution is -2.34. The number of carbonyl (C=O) groups is 1. The van der Waals surface area contributed by atoms with Crippen LogP contribution in [0.1, 0.15) is 24.4 Å². The van der Waals surface area contributed by atoms with Crippen molar-refractivity contribution in [1.29, 1.82) is 0 Å². The monoisotopic (exact) mass is 246 g/mol. The average molecular weight is 246 g/mol. The number of hydrogen-bond donors (Lipinski definition) is 2. The average Bonchev–Trinajstić information content (AvgIpc) is 2.82. The van der Waals surface area contributed by atoms with Gasteiger partial charge in [0.1, 0.15) is 5.58 Å². The first-order valence-corrected chi connectivity index (χ1v) is 6.03. The van der Waals surface area contributed by atoms with Crippen LogP contribution < -0.4 is 5.32 Å². The molecule has 0 radical (unpaired) electrons. The molecule has 0 aliphatic carbocycles. The number of furan rings is 1. The van der Waals surface area contributed by atoms with Crippen molar-refractivity contribution in [1.82, 2.24) is 10.3 Å². The van der Waals surface area contributed by atoms with E-state index in [0.29, 0.717) is 19.4 Å². The summed E-state index contributed by atoms with van der Waals surface area (Å²) in [6.45, 7) is 0.717. The summed E-state index contributed by atoms with van der Waals surface area (Å²) < 4.78 is 5.47. The molecular formula is C13H14N2O3. The van der Waals surface area contributed by atoms with E-state index in [2.05, 4.69) is 10.3 Å². The first-order chi connectivity index (χ1) is 8.75. The molecular weight excluding hydrogens is 232 g/mol. The van der Waals surface area contributed by atoms with Gasteiger partial charge in [0, 0.05) is 29.4 Å². The number of nitrogens with zero attached hydrogens (tertiary/aromatic N) is 1. The quantitative estimate of drug-likeness (QED) is 0.847. The lowest BCUT2D eigenvalue weighted by Gasteiger charge is -2.27. The molecule has 1 aliphatic heterocycles. The number of aliphatic carboxylic acids is 1. The molecule has 18 heavy (non-hydrogen) atoms. The fourth-order valence-corrected chi connectivity index (χ4v) is 2.54. The summed E-state index contributed by atoms with van der Waals surface area (Å²) in [4.78, 5) is 15.2. The van der Waals surface area contributed by atoms with Crippen LogP contribution in [0.25, 0.3) is 11.0 Å². The maximum Gasteiger partial charge on any atom is 0.306 e. The number of fused-ring (bicyclic) bond motifs is 1. The Hall–Kier alpha value is -1.88. The van der Waals surface area contributed by atoms with Gasteiger partial charge < -0.3 is 14.8 Å². The van der Waals surface area contributed by atoms with Crippen molar-refractivity contribution in [3.63, 3.8) is 0 Å². The lowest BCUT2D eigenvalue weighted by molar-refractivity contribution is -0.143. The predicted molar refractivity (Wildman–Crippen MR) is 65.1 cm³/mol. The number of hydrogen-bond acceptors (Lipinski definition) is 4. The molecule has 0 spiro atoms.